The number of hydrogen-bond donors (Lipinski definition) is 2. The largest absolute Gasteiger partial charge is 0.398 e. The molecule has 3 N–H and O–H groups in total. The number of fused-ring (bicyclic) bond motifs is 1. The molecule has 1 aliphatic heterocycles. The highest BCUT2D eigenvalue weighted by Crippen LogP contribution is 2.38. The number of rotatable bonds is 2. The van der Waals surface area contributed by atoms with Gasteiger partial charge in [0.05, 0.1) is 5.92 Å². The molecule has 5 heteroatoms. The van der Waals surface area contributed by atoms with E-state index in [4.69, 9.17) is 5.73 Å². The molecular weight excluding hydrogens is 306 g/mol. The molecule has 0 saturated carbocycles. The molecule has 1 unspecified atom stereocenters. The van der Waals surface area contributed by atoms with Crippen LogP contribution in [-0.2, 0) is 11.2 Å². The van der Waals surface area contributed by atoms with Crippen LogP contribution in [0.5, 0.6) is 0 Å². The maximum absolute atomic E-state index is 12.1. The number of aromatic nitrogens is 1. The van der Waals surface area contributed by atoms with Crippen LogP contribution in [0.2, 0.25) is 0 Å². The molecule has 19 heavy (non-hydrogen) atoms. The van der Waals surface area contributed by atoms with Crippen LogP contribution < -0.4 is 11.1 Å². The fourth-order valence-corrected chi connectivity index (χ4v) is 2.68. The van der Waals surface area contributed by atoms with Gasteiger partial charge < -0.3 is 11.1 Å². The van der Waals surface area contributed by atoms with E-state index in [2.05, 4.69) is 26.2 Å². The Labute approximate surface area is 119 Å². The van der Waals surface area contributed by atoms with Gasteiger partial charge in [-0.25, -0.2) is 0 Å². The van der Waals surface area contributed by atoms with Crippen molar-refractivity contribution in [2.45, 2.75) is 12.3 Å². The maximum atomic E-state index is 12.1. The molecule has 1 aromatic heterocycles. The zero-order valence-corrected chi connectivity index (χ0v) is 11.6. The van der Waals surface area contributed by atoms with Crippen LogP contribution in [0.1, 0.15) is 17.0 Å². The highest BCUT2D eigenvalue weighted by Gasteiger charge is 2.31. The van der Waals surface area contributed by atoms with Gasteiger partial charge in [-0.1, -0.05) is 0 Å². The molecule has 0 bridgehead atoms. The number of nitrogens with two attached hydrogens (primary N) is 1. The van der Waals surface area contributed by atoms with Gasteiger partial charge in [0.15, 0.2) is 0 Å². The van der Waals surface area contributed by atoms with Crippen LogP contribution in [-0.4, -0.2) is 10.9 Å². The minimum atomic E-state index is -0.172. The molecule has 0 saturated heterocycles. The standard InChI is InChI=1S/C14H12BrN3O/c15-11-6-9-10(5-8-1-3-17-4-2-8)14(19)18-13(9)7-12(11)16/h1-4,6-7,10H,5,16H2,(H,18,19). The minimum absolute atomic E-state index is 0.0179. The van der Waals surface area contributed by atoms with Crippen LogP contribution in [0, 0.1) is 0 Å². The van der Waals surface area contributed by atoms with Gasteiger partial charge in [0.2, 0.25) is 5.91 Å². The smallest absolute Gasteiger partial charge is 0.232 e. The lowest BCUT2D eigenvalue weighted by molar-refractivity contribution is -0.117. The highest BCUT2D eigenvalue weighted by atomic mass is 79.9. The summed E-state index contributed by atoms with van der Waals surface area (Å²) < 4.78 is 0.822. The van der Waals surface area contributed by atoms with E-state index in [0.29, 0.717) is 12.1 Å². The van der Waals surface area contributed by atoms with Gasteiger partial charge in [0.25, 0.3) is 0 Å². The molecule has 1 amide bonds. The molecule has 0 fully saturated rings. The molecule has 1 atom stereocenters. The lowest BCUT2D eigenvalue weighted by atomic mass is 9.93. The quantitative estimate of drug-likeness (QED) is 0.837. The van der Waals surface area contributed by atoms with Crippen molar-refractivity contribution in [3.63, 3.8) is 0 Å². The fraction of sp³-hybridized carbons (Fsp3) is 0.143. The average molecular weight is 318 g/mol. The first-order chi connectivity index (χ1) is 9.15. The van der Waals surface area contributed by atoms with Crippen molar-refractivity contribution in [2.75, 3.05) is 11.1 Å². The molecule has 4 nitrogen and oxygen atoms in total. The zero-order chi connectivity index (χ0) is 13.4. The van der Waals surface area contributed by atoms with E-state index in [9.17, 15) is 4.79 Å². The molecule has 1 aliphatic rings. The second-order valence-electron chi connectivity index (χ2n) is 4.56. The number of anilines is 2. The Morgan fingerprint density at radius 1 is 1.32 bits per heavy atom. The van der Waals surface area contributed by atoms with Crippen molar-refractivity contribution in [1.29, 1.82) is 0 Å². The number of hydrogen-bond acceptors (Lipinski definition) is 3. The summed E-state index contributed by atoms with van der Waals surface area (Å²) in [4.78, 5) is 16.1. The normalized spacial score (nSPS) is 17.1. The van der Waals surface area contributed by atoms with Gasteiger partial charge in [0, 0.05) is 28.2 Å². The van der Waals surface area contributed by atoms with Crippen molar-refractivity contribution >= 4 is 33.2 Å². The van der Waals surface area contributed by atoms with Gasteiger partial charge in [0.1, 0.15) is 0 Å². The second-order valence-corrected chi connectivity index (χ2v) is 5.42. The lowest BCUT2D eigenvalue weighted by Gasteiger charge is -2.09. The number of halogens is 1. The van der Waals surface area contributed by atoms with E-state index in [-0.39, 0.29) is 11.8 Å². The Morgan fingerprint density at radius 3 is 2.79 bits per heavy atom. The summed E-state index contributed by atoms with van der Waals surface area (Å²) in [6.07, 6.45) is 4.14. The number of nitrogen functional groups attached to an aromatic ring is 1. The van der Waals surface area contributed by atoms with Crippen LogP contribution in [0.4, 0.5) is 11.4 Å². The van der Waals surface area contributed by atoms with Crippen molar-refractivity contribution < 1.29 is 4.79 Å². The van der Waals surface area contributed by atoms with Crippen molar-refractivity contribution in [1.82, 2.24) is 4.98 Å². The van der Waals surface area contributed by atoms with E-state index in [1.165, 1.54) is 0 Å². The lowest BCUT2D eigenvalue weighted by Crippen LogP contribution is -2.14. The van der Waals surface area contributed by atoms with Crippen molar-refractivity contribution in [2.24, 2.45) is 0 Å². The summed E-state index contributed by atoms with van der Waals surface area (Å²) >= 11 is 3.41. The molecule has 96 valence electrons. The van der Waals surface area contributed by atoms with E-state index in [1.54, 1.807) is 18.5 Å². The number of amides is 1. The molecule has 1 aromatic carbocycles. The highest BCUT2D eigenvalue weighted by molar-refractivity contribution is 9.10. The monoisotopic (exact) mass is 317 g/mol. The number of benzene rings is 1. The Hall–Kier alpha value is -1.88. The number of carbonyl (C=O) groups excluding carboxylic acids is 1. The molecule has 0 radical (unpaired) electrons. The summed E-state index contributed by atoms with van der Waals surface area (Å²) in [6, 6.07) is 7.58. The summed E-state index contributed by atoms with van der Waals surface area (Å²) in [5.74, 6) is -0.154. The first kappa shape index (κ1) is 12.2. The second kappa shape index (κ2) is 4.66. The van der Waals surface area contributed by atoms with Gasteiger partial charge in [-0.15, -0.1) is 0 Å². The van der Waals surface area contributed by atoms with E-state index in [1.807, 2.05) is 18.2 Å². The fourth-order valence-electron chi connectivity index (χ4n) is 2.32. The van der Waals surface area contributed by atoms with Gasteiger partial charge in [-0.2, -0.15) is 0 Å². The van der Waals surface area contributed by atoms with E-state index in [0.717, 1.165) is 21.3 Å². The summed E-state index contributed by atoms with van der Waals surface area (Å²) in [5.41, 5.74) is 9.35. The van der Waals surface area contributed by atoms with Gasteiger partial charge >= 0.3 is 0 Å². The molecule has 0 spiro atoms. The van der Waals surface area contributed by atoms with E-state index < -0.39 is 0 Å². The first-order valence-electron chi connectivity index (χ1n) is 5.94. The minimum Gasteiger partial charge on any atom is -0.398 e. The third-order valence-electron chi connectivity index (χ3n) is 3.31. The maximum Gasteiger partial charge on any atom is 0.232 e. The summed E-state index contributed by atoms with van der Waals surface area (Å²) in [7, 11) is 0. The molecule has 0 aliphatic carbocycles. The van der Waals surface area contributed by atoms with Crippen LogP contribution in [0.15, 0.2) is 41.1 Å². The van der Waals surface area contributed by atoms with Crippen molar-refractivity contribution in [3.05, 3.63) is 52.3 Å². The van der Waals surface area contributed by atoms with E-state index >= 15 is 0 Å². The molecule has 3 rings (SSSR count). The Kier molecular flexibility index (Phi) is 2.98. The van der Waals surface area contributed by atoms with Crippen LogP contribution in [0.3, 0.4) is 0 Å². The average Bonchev–Trinajstić information content (AvgIpc) is 2.68. The molecule has 2 heterocycles. The molecular formula is C14H12BrN3O. The SMILES string of the molecule is Nc1cc2c(cc1Br)C(Cc1ccncc1)C(=O)N2. The Morgan fingerprint density at radius 2 is 2.05 bits per heavy atom. The third kappa shape index (κ3) is 2.21. The number of nitrogens with one attached hydrogen (secondary N) is 1. The van der Waals surface area contributed by atoms with Gasteiger partial charge in [-0.05, 0) is 57.7 Å². The van der Waals surface area contributed by atoms with Crippen LogP contribution >= 0.6 is 15.9 Å². The summed E-state index contributed by atoms with van der Waals surface area (Å²) in [5, 5.41) is 2.88. The predicted octanol–water partition coefficient (Wildman–Crippen LogP) is 2.70. The number of carbonyl (C=O) groups is 1. The van der Waals surface area contributed by atoms with Crippen molar-refractivity contribution in [3.8, 4) is 0 Å². The Bertz CT molecular complexity index is 643. The summed E-state index contributed by atoms with van der Waals surface area (Å²) in [6.45, 7) is 0. The number of nitrogens with zero attached hydrogens (tertiary/aromatic N) is 1. The van der Waals surface area contributed by atoms with Gasteiger partial charge in [-0.3, -0.25) is 9.78 Å². The topological polar surface area (TPSA) is 68.0 Å². The zero-order valence-electron chi connectivity index (χ0n) is 10.1. The third-order valence-corrected chi connectivity index (χ3v) is 3.99. The Balaban J connectivity index is 1.96. The first-order valence-corrected chi connectivity index (χ1v) is 6.73. The number of pyridine rings is 1. The predicted molar refractivity (Wildman–Crippen MR) is 77.9 cm³/mol. The molecule has 2 aromatic rings. The van der Waals surface area contributed by atoms with Crippen LogP contribution in [0.25, 0.3) is 0 Å².